The predicted octanol–water partition coefficient (Wildman–Crippen LogP) is 5.60. The van der Waals surface area contributed by atoms with Gasteiger partial charge in [0.1, 0.15) is 5.00 Å². The number of urea groups is 1. The quantitative estimate of drug-likeness (QED) is 0.606. The van der Waals surface area contributed by atoms with E-state index in [0.717, 1.165) is 17.1 Å². The third-order valence-corrected chi connectivity index (χ3v) is 5.89. The van der Waals surface area contributed by atoms with Crippen LogP contribution in [0.2, 0.25) is 0 Å². The molecule has 4 nitrogen and oxygen atoms in total. The minimum absolute atomic E-state index is 0.0905. The molecule has 0 bridgehead atoms. The van der Waals surface area contributed by atoms with E-state index in [9.17, 15) is 4.79 Å². The van der Waals surface area contributed by atoms with Gasteiger partial charge in [0.2, 0.25) is 0 Å². The first kappa shape index (κ1) is 18.3. The van der Waals surface area contributed by atoms with Crippen LogP contribution >= 0.6 is 11.3 Å². The first-order valence-electron chi connectivity index (χ1n) is 8.89. The number of nitrogens with zero attached hydrogens (tertiary/aromatic N) is 1. The smallest absolute Gasteiger partial charge is 0.319 e. The standard InChI is InChI=1S/C21H25N3OS/c1-5-17-8-10-18(11-9-17)23-21(25)22-15(3)19-14(2)16(4)26-20(19)24-12-6-7-13-24/h6-13,15H,5H2,1-4H3,(H2,22,23,25)/t15-/m1/s1. The summed E-state index contributed by atoms with van der Waals surface area (Å²) >= 11 is 1.75. The first-order valence-corrected chi connectivity index (χ1v) is 9.71. The lowest BCUT2D eigenvalue weighted by Crippen LogP contribution is -2.31. The monoisotopic (exact) mass is 367 g/mol. The highest BCUT2D eigenvalue weighted by molar-refractivity contribution is 7.14. The van der Waals surface area contributed by atoms with Crippen LogP contribution in [0.4, 0.5) is 10.5 Å². The lowest BCUT2D eigenvalue weighted by molar-refractivity contribution is 0.249. The summed E-state index contributed by atoms with van der Waals surface area (Å²) in [7, 11) is 0. The predicted molar refractivity (Wildman–Crippen MR) is 110 cm³/mol. The Morgan fingerprint density at radius 2 is 1.81 bits per heavy atom. The summed E-state index contributed by atoms with van der Waals surface area (Å²) in [5.41, 5.74) is 4.46. The van der Waals surface area contributed by atoms with Crippen molar-refractivity contribution >= 4 is 23.1 Å². The highest BCUT2D eigenvalue weighted by atomic mass is 32.1. The Bertz CT molecular complexity index is 879. The van der Waals surface area contributed by atoms with Crippen molar-refractivity contribution in [1.29, 1.82) is 0 Å². The molecule has 0 unspecified atom stereocenters. The minimum Gasteiger partial charge on any atom is -0.331 e. The molecule has 2 heterocycles. The summed E-state index contributed by atoms with van der Waals surface area (Å²) in [6, 6.07) is 11.7. The van der Waals surface area contributed by atoms with Gasteiger partial charge in [-0.15, -0.1) is 11.3 Å². The van der Waals surface area contributed by atoms with Gasteiger partial charge in [-0.05, 0) is 62.6 Å². The number of carbonyl (C=O) groups is 1. The van der Waals surface area contributed by atoms with Crippen molar-refractivity contribution in [1.82, 2.24) is 9.88 Å². The molecule has 3 rings (SSSR count). The SMILES string of the molecule is CCc1ccc(NC(=O)N[C@H](C)c2c(-n3cccc3)sc(C)c2C)cc1. The molecule has 0 fully saturated rings. The number of benzene rings is 1. The highest BCUT2D eigenvalue weighted by Gasteiger charge is 2.20. The lowest BCUT2D eigenvalue weighted by Gasteiger charge is -2.17. The van der Waals surface area contributed by atoms with Crippen LogP contribution in [-0.2, 0) is 6.42 Å². The minimum atomic E-state index is -0.191. The number of aryl methyl sites for hydroxylation is 2. The molecule has 0 aliphatic heterocycles. The largest absolute Gasteiger partial charge is 0.331 e. The van der Waals surface area contributed by atoms with Gasteiger partial charge in [-0.1, -0.05) is 19.1 Å². The van der Waals surface area contributed by atoms with Crippen LogP contribution in [0.25, 0.3) is 5.00 Å². The molecule has 3 aromatic rings. The topological polar surface area (TPSA) is 46.1 Å². The molecule has 0 aliphatic rings. The molecule has 1 atom stereocenters. The van der Waals surface area contributed by atoms with E-state index < -0.39 is 0 Å². The van der Waals surface area contributed by atoms with E-state index in [-0.39, 0.29) is 12.1 Å². The Labute approximate surface area is 158 Å². The van der Waals surface area contributed by atoms with Crippen LogP contribution in [-0.4, -0.2) is 10.6 Å². The average molecular weight is 368 g/mol. The number of nitrogens with one attached hydrogen (secondary N) is 2. The van der Waals surface area contributed by atoms with Gasteiger partial charge in [0, 0.05) is 28.5 Å². The average Bonchev–Trinajstić information content (AvgIpc) is 3.24. The molecular formula is C21H25N3OS. The van der Waals surface area contributed by atoms with Crippen molar-refractivity contribution < 1.29 is 4.79 Å². The molecule has 2 amide bonds. The second-order valence-electron chi connectivity index (χ2n) is 6.46. The summed E-state index contributed by atoms with van der Waals surface area (Å²) < 4.78 is 2.11. The molecule has 136 valence electrons. The third kappa shape index (κ3) is 3.83. The third-order valence-electron chi connectivity index (χ3n) is 4.65. The van der Waals surface area contributed by atoms with E-state index in [0.29, 0.717) is 0 Å². The van der Waals surface area contributed by atoms with Crippen LogP contribution in [0.1, 0.15) is 41.5 Å². The fraction of sp³-hybridized carbons (Fsp3) is 0.286. The number of aromatic nitrogens is 1. The van der Waals surface area contributed by atoms with Crippen LogP contribution in [0.3, 0.4) is 0 Å². The maximum Gasteiger partial charge on any atom is 0.319 e. The van der Waals surface area contributed by atoms with Gasteiger partial charge in [-0.3, -0.25) is 0 Å². The van der Waals surface area contributed by atoms with Gasteiger partial charge in [0.15, 0.2) is 0 Å². The van der Waals surface area contributed by atoms with E-state index in [1.807, 2.05) is 55.7 Å². The van der Waals surface area contributed by atoms with Gasteiger partial charge in [-0.2, -0.15) is 0 Å². The van der Waals surface area contributed by atoms with Crippen molar-refractivity contribution in [2.45, 2.75) is 40.2 Å². The van der Waals surface area contributed by atoms with E-state index in [1.165, 1.54) is 21.6 Å². The summed E-state index contributed by atoms with van der Waals surface area (Å²) in [5, 5.41) is 7.15. The fourth-order valence-corrected chi connectivity index (χ4v) is 4.28. The molecule has 26 heavy (non-hydrogen) atoms. The molecule has 1 aromatic carbocycles. The zero-order valence-electron chi connectivity index (χ0n) is 15.7. The number of hydrogen-bond acceptors (Lipinski definition) is 2. The Balaban J connectivity index is 1.75. The number of carbonyl (C=O) groups excluding carboxylic acids is 1. The van der Waals surface area contributed by atoms with Gasteiger partial charge in [-0.25, -0.2) is 4.79 Å². The molecule has 0 saturated heterocycles. The lowest BCUT2D eigenvalue weighted by atomic mass is 10.1. The second kappa shape index (κ2) is 7.79. The summed E-state index contributed by atoms with van der Waals surface area (Å²) in [6.45, 7) is 8.39. The van der Waals surface area contributed by atoms with E-state index in [2.05, 4.69) is 36.0 Å². The zero-order valence-corrected chi connectivity index (χ0v) is 16.5. The van der Waals surface area contributed by atoms with E-state index >= 15 is 0 Å². The summed E-state index contributed by atoms with van der Waals surface area (Å²) in [6.07, 6.45) is 5.06. The Morgan fingerprint density at radius 3 is 2.42 bits per heavy atom. The Hall–Kier alpha value is -2.53. The molecule has 0 saturated carbocycles. The first-order chi connectivity index (χ1) is 12.5. The molecule has 0 radical (unpaired) electrons. The molecular weight excluding hydrogens is 342 g/mol. The number of hydrogen-bond donors (Lipinski definition) is 2. The van der Waals surface area contributed by atoms with Crippen molar-refractivity contribution in [3.63, 3.8) is 0 Å². The van der Waals surface area contributed by atoms with Crippen molar-refractivity contribution in [3.05, 3.63) is 70.4 Å². The van der Waals surface area contributed by atoms with Crippen molar-refractivity contribution in [2.75, 3.05) is 5.32 Å². The maximum absolute atomic E-state index is 12.4. The Kier molecular flexibility index (Phi) is 5.47. The highest BCUT2D eigenvalue weighted by Crippen LogP contribution is 2.35. The van der Waals surface area contributed by atoms with Crippen LogP contribution < -0.4 is 10.6 Å². The number of rotatable bonds is 5. The fourth-order valence-electron chi connectivity index (χ4n) is 3.06. The van der Waals surface area contributed by atoms with E-state index in [4.69, 9.17) is 0 Å². The van der Waals surface area contributed by atoms with Crippen molar-refractivity contribution in [3.8, 4) is 5.00 Å². The molecule has 2 N–H and O–H groups in total. The molecule has 5 heteroatoms. The molecule has 2 aromatic heterocycles. The Morgan fingerprint density at radius 1 is 1.15 bits per heavy atom. The zero-order chi connectivity index (χ0) is 18.7. The van der Waals surface area contributed by atoms with Gasteiger partial charge in [0.25, 0.3) is 0 Å². The number of anilines is 1. The van der Waals surface area contributed by atoms with Crippen LogP contribution in [0, 0.1) is 13.8 Å². The van der Waals surface area contributed by atoms with Crippen molar-refractivity contribution in [2.24, 2.45) is 0 Å². The normalized spacial score (nSPS) is 12.0. The van der Waals surface area contributed by atoms with Crippen LogP contribution in [0.15, 0.2) is 48.8 Å². The van der Waals surface area contributed by atoms with Gasteiger partial charge < -0.3 is 15.2 Å². The van der Waals surface area contributed by atoms with Crippen LogP contribution in [0.5, 0.6) is 0 Å². The molecule has 0 spiro atoms. The van der Waals surface area contributed by atoms with E-state index in [1.54, 1.807) is 11.3 Å². The number of thiophene rings is 1. The van der Waals surface area contributed by atoms with Gasteiger partial charge >= 0.3 is 6.03 Å². The second-order valence-corrected chi connectivity index (χ2v) is 7.67. The van der Waals surface area contributed by atoms with Gasteiger partial charge in [0.05, 0.1) is 6.04 Å². The summed E-state index contributed by atoms with van der Waals surface area (Å²) in [4.78, 5) is 13.7. The summed E-state index contributed by atoms with van der Waals surface area (Å²) in [5.74, 6) is 0. The maximum atomic E-state index is 12.4. The molecule has 0 aliphatic carbocycles. The number of amides is 2.